The topological polar surface area (TPSA) is 17.1 Å². The minimum atomic E-state index is 0.278. The van der Waals surface area contributed by atoms with Crippen LogP contribution in [-0.4, -0.2) is 5.78 Å². The highest BCUT2D eigenvalue weighted by molar-refractivity contribution is 5.96. The first kappa shape index (κ1) is 6.27. The van der Waals surface area contributed by atoms with Crippen LogP contribution in [0.1, 0.15) is 19.8 Å². The van der Waals surface area contributed by atoms with Gasteiger partial charge < -0.3 is 0 Å². The zero-order valence-electron chi connectivity index (χ0n) is 5.55. The second-order valence-electron chi connectivity index (χ2n) is 2.10. The van der Waals surface area contributed by atoms with Crippen molar-refractivity contribution in [1.29, 1.82) is 0 Å². The van der Waals surface area contributed by atoms with Crippen molar-refractivity contribution in [2.45, 2.75) is 19.8 Å². The predicted octanol–water partition coefficient (Wildman–Crippen LogP) is 1.85. The fraction of sp³-hybridized carbons (Fsp3) is 0.375. The lowest BCUT2D eigenvalue weighted by Crippen LogP contribution is -1.96. The lowest BCUT2D eigenvalue weighted by molar-refractivity contribution is -0.115. The van der Waals surface area contributed by atoms with Gasteiger partial charge in [-0.1, -0.05) is 25.2 Å². The molecule has 1 heteroatoms. The molecule has 9 heavy (non-hydrogen) atoms. The van der Waals surface area contributed by atoms with E-state index in [1.807, 2.05) is 25.2 Å². The molecule has 0 saturated heterocycles. The van der Waals surface area contributed by atoms with Crippen molar-refractivity contribution in [3.05, 3.63) is 23.8 Å². The SMILES string of the molecule is CCC(=O)C1=CC=CC1. The molecule has 0 aliphatic heterocycles. The molecule has 0 aromatic carbocycles. The molecule has 1 aliphatic carbocycles. The summed E-state index contributed by atoms with van der Waals surface area (Å²) < 4.78 is 0. The third-order valence-corrected chi connectivity index (χ3v) is 1.45. The molecule has 0 heterocycles. The lowest BCUT2D eigenvalue weighted by atomic mass is 10.1. The third-order valence-electron chi connectivity index (χ3n) is 1.45. The Labute approximate surface area is 55.1 Å². The van der Waals surface area contributed by atoms with Gasteiger partial charge in [0.05, 0.1) is 0 Å². The van der Waals surface area contributed by atoms with Crippen LogP contribution in [0.5, 0.6) is 0 Å². The van der Waals surface area contributed by atoms with Crippen LogP contribution in [0, 0.1) is 0 Å². The molecular weight excluding hydrogens is 112 g/mol. The van der Waals surface area contributed by atoms with E-state index in [1.54, 1.807) is 0 Å². The molecule has 1 rings (SSSR count). The number of hydrogen-bond acceptors (Lipinski definition) is 1. The highest BCUT2D eigenvalue weighted by Gasteiger charge is 2.05. The van der Waals surface area contributed by atoms with Crippen molar-refractivity contribution in [1.82, 2.24) is 0 Å². The molecule has 0 atom stereocenters. The van der Waals surface area contributed by atoms with Gasteiger partial charge in [0.1, 0.15) is 0 Å². The van der Waals surface area contributed by atoms with Gasteiger partial charge in [0, 0.05) is 6.42 Å². The largest absolute Gasteiger partial charge is 0.295 e. The van der Waals surface area contributed by atoms with E-state index in [0.29, 0.717) is 6.42 Å². The Balaban J connectivity index is 2.55. The summed E-state index contributed by atoms with van der Waals surface area (Å²) in [5.74, 6) is 0.278. The van der Waals surface area contributed by atoms with Crippen LogP contribution in [-0.2, 0) is 4.79 Å². The summed E-state index contributed by atoms with van der Waals surface area (Å²) in [6.07, 6.45) is 7.30. The molecule has 0 amide bonds. The molecule has 0 unspecified atom stereocenters. The zero-order chi connectivity index (χ0) is 6.69. The first-order valence-electron chi connectivity index (χ1n) is 3.23. The molecule has 0 aromatic heterocycles. The molecule has 0 spiro atoms. The van der Waals surface area contributed by atoms with E-state index in [-0.39, 0.29) is 5.78 Å². The molecule has 0 N–H and O–H groups in total. The normalized spacial score (nSPS) is 15.9. The maximum atomic E-state index is 10.9. The maximum absolute atomic E-state index is 10.9. The molecule has 0 aromatic rings. The summed E-state index contributed by atoms with van der Waals surface area (Å²) in [6.45, 7) is 1.89. The summed E-state index contributed by atoms with van der Waals surface area (Å²) in [5.41, 5.74) is 0.956. The molecular formula is C8H10O. The zero-order valence-corrected chi connectivity index (χ0v) is 5.55. The highest BCUT2D eigenvalue weighted by atomic mass is 16.1. The molecule has 1 nitrogen and oxygen atoms in total. The average Bonchev–Trinajstić information content (AvgIpc) is 2.37. The monoisotopic (exact) mass is 122 g/mol. The van der Waals surface area contributed by atoms with Crippen molar-refractivity contribution in [2.24, 2.45) is 0 Å². The van der Waals surface area contributed by atoms with Crippen LogP contribution in [0.3, 0.4) is 0 Å². The van der Waals surface area contributed by atoms with E-state index in [4.69, 9.17) is 0 Å². The fourth-order valence-electron chi connectivity index (χ4n) is 0.881. The second kappa shape index (κ2) is 2.62. The van der Waals surface area contributed by atoms with Gasteiger partial charge in [-0.15, -0.1) is 0 Å². The Morgan fingerprint density at radius 2 is 2.56 bits per heavy atom. The van der Waals surface area contributed by atoms with E-state index in [0.717, 1.165) is 12.0 Å². The van der Waals surface area contributed by atoms with Crippen LogP contribution in [0.15, 0.2) is 23.8 Å². The van der Waals surface area contributed by atoms with Gasteiger partial charge in [0.2, 0.25) is 0 Å². The van der Waals surface area contributed by atoms with Crippen LogP contribution in [0.2, 0.25) is 0 Å². The van der Waals surface area contributed by atoms with Crippen LogP contribution in [0.4, 0.5) is 0 Å². The van der Waals surface area contributed by atoms with E-state index < -0.39 is 0 Å². The van der Waals surface area contributed by atoms with E-state index in [1.165, 1.54) is 0 Å². The Morgan fingerprint density at radius 3 is 3.00 bits per heavy atom. The number of ketones is 1. The maximum Gasteiger partial charge on any atom is 0.158 e. The number of Topliss-reactive ketones (excluding diaryl/α,β-unsaturated/α-hetero) is 1. The Morgan fingerprint density at radius 1 is 1.78 bits per heavy atom. The van der Waals surface area contributed by atoms with Crippen molar-refractivity contribution in [2.75, 3.05) is 0 Å². The number of hydrogen-bond donors (Lipinski definition) is 0. The molecule has 0 fully saturated rings. The molecule has 1 aliphatic rings. The van der Waals surface area contributed by atoms with Gasteiger partial charge in [-0.25, -0.2) is 0 Å². The van der Waals surface area contributed by atoms with Crippen molar-refractivity contribution in [3.63, 3.8) is 0 Å². The van der Waals surface area contributed by atoms with Gasteiger partial charge in [0.25, 0.3) is 0 Å². The first-order valence-corrected chi connectivity index (χ1v) is 3.23. The first-order chi connectivity index (χ1) is 4.34. The molecule has 0 bridgehead atoms. The summed E-state index contributed by atoms with van der Waals surface area (Å²) in [7, 11) is 0. The molecule has 0 radical (unpaired) electrons. The van der Waals surface area contributed by atoms with Gasteiger partial charge >= 0.3 is 0 Å². The quantitative estimate of drug-likeness (QED) is 0.546. The van der Waals surface area contributed by atoms with Gasteiger partial charge in [0.15, 0.2) is 5.78 Å². The van der Waals surface area contributed by atoms with Crippen molar-refractivity contribution in [3.8, 4) is 0 Å². The van der Waals surface area contributed by atoms with E-state index in [2.05, 4.69) is 0 Å². The standard InChI is InChI=1S/C8H10O/c1-2-8(9)7-5-3-4-6-7/h3-5H,2,6H2,1H3. The number of allylic oxidation sites excluding steroid dienone is 4. The summed E-state index contributed by atoms with van der Waals surface area (Å²) in [4.78, 5) is 10.9. The van der Waals surface area contributed by atoms with Crippen LogP contribution < -0.4 is 0 Å². The number of carbonyl (C=O) groups is 1. The summed E-state index contributed by atoms with van der Waals surface area (Å²) in [6, 6.07) is 0. The molecule has 48 valence electrons. The van der Waals surface area contributed by atoms with Gasteiger partial charge in [-0.3, -0.25) is 4.79 Å². The van der Waals surface area contributed by atoms with E-state index >= 15 is 0 Å². The highest BCUT2D eigenvalue weighted by Crippen LogP contribution is 2.12. The lowest BCUT2D eigenvalue weighted by Gasteiger charge is -1.93. The average molecular weight is 122 g/mol. The Bertz CT molecular complexity index is 175. The Kier molecular flexibility index (Phi) is 1.83. The van der Waals surface area contributed by atoms with Gasteiger partial charge in [-0.2, -0.15) is 0 Å². The molecule has 0 saturated carbocycles. The fourth-order valence-corrected chi connectivity index (χ4v) is 0.881. The minimum Gasteiger partial charge on any atom is -0.295 e. The smallest absolute Gasteiger partial charge is 0.158 e. The van der Waals surface area contributed by atoms with E-state index in [9.17, 15) is 4.79 Å². The Hall–Kier alpha value is -0.850. The van der Waals surface area contributed by atoms with Crippen molar-refractivity contribution >= 4 is 5.78 Å². The predicted molar refractivity (Wildman–Crippen MR) is 37.1 cm³/mol. The van der Waals surface area contributed by atoms with Crippen molar-refractivity contribution < 1.29 is 4.79 Å². The number of carbonyl (C=O) groups excluding carboxylic acids is 1. The summed E-state index contributed by atoms with van der Waals surface area (Å²) >= 11 is 0. The van der Waals surface area contributed by atoms with Crippen LogP contribution in [0.25, 0.3) is 0 Å². The van der Waals surface area contributed by atoms with Gasteiger partial charge in [-0.05, 0) is 12.0 Å². The van der Waals surface area contributed by atoms with Crippen LogP contribution >= 0.6 is 0 Å². The second-order valence-corrected chi connectivity index (χ2v) is 2.10. The summed E-state index contributed by atoms with van der Waals surface area (Å²) in [5, 5.41) is 0. The number of rotatable bonds is 2. The minimum absolute atomic E-state index is 0.278. The third kappa shape index (κ3) is 1.28.